The second-order valence-electron chi connectivity index (χ2n) is 8.63. The number of thiol groups is 2. The van der Waals surface area contributed by atoms with Crippen molar-refractivity contribution in [3.8, 4) is 11.5 Å². The number of rotatable bonds is 4. The van der Waals surface area contributed by atoms with Crippen molar-refractivity contribution in [1.29, 1.82) is 0 Å². The van der Waals surface area contributed by atoms with Crippen molar-refractivity contribution in [2.24, 2.45) is 0 Å². The first-order valence-electron chi connectivity index (χ1n) is 9.08. The average molecular weight is 403 g/mol. The molecule has 146 valence electrons. The van der Waals surface area contributed by atoms with Crippen LogP contribution in [0.15, 0.2) is 42.5 Å². The highest BCUT2D eigenvalue weighted by Gasteiger charge is 2.24. The lowest BCUT2D eigenvalue weighted by Crippen LogP contribution is -2.25. The highest BCUT2D eigenvalue weighted by molar-refractivity contribution is 7.96. The van der Waals surface area contributed by atoms with Crippen molar-refractivity contribution in [2.45, 2.75) is 59.7 Å². The van der Waals surface area contributed by atoms with Gasteiger partial charge in [0.25, 0.3) is 0 Å². The molecule has 0 unspecified atom stereocenters. The first-order valence-corrected chi connectivity index (χ1v) is 9.97. The zero-order valence-electron chi connectivity index (χ0n) is 17.3. The molecule has 0 aliphatic carbocycles. The molecule has 0 spiro atoms. The van der Waals surface area contributed by atoms with Gasteiger partial charge >= 0.3 is 0 Å². The van der Waals surface area contributed by atoms with Crippen molar-refractivity contribution in [3.05, 3.63) is 59.2 Å². The molecule has 0 fully saturated rings. The SMILES string of the molecule is Cc1cc(OC(C)(C)C)c(/C(S)=C(/S)c2ccccc2)c(OC(C)(C)C)c1. The second kappa shape index (κ2) is 8.24. The molecule has 2 aromatic carbocycles. The van der Waals surface area contributed by atoms with Gasteiger partial charge in [-0.2, -0.15) is 0 Å². The van der Waals surface area contributed by atoms with Crippen LogP contribution in [0.5, 0.6) is 11.5 Å². The average Bonchev–Trinajstić information content (AvgIpc) is 2.51. The van der Waals surface area contributed by atoms with Gasteiger partial charge in [0.05, 0.1) is 5.56 Å². The van der Waals surface area contributed by atoms with E-state index in [9.17, 15) is 0 Å². The van der Waals surface area contributed by atoms with Gasteiger partial charge in [-0.1, -0.05) is 30.3 Å². The molecule has 4 heteroatoms. The summed E-state index contributed by atoms with van der Waals surface area (Å²) < 4.78 is 12.6. The van der Waals surface area contributed by atoms with Gasteiger partial charge in [-0.3, -0.25) is 0 Å². The van der Waals surface area contributed by atoms with Gasteiger partial charge in [0.15, 0.2) is 0 Å². The molecule has 0 aliphatic heterocycles. The quantitative estimate of drug-likeness (QED) is 0.422. The first kappa shape index (κ1) is 21.8. The van der Waals surface area contributed by atoms with Gasteiger partial charge in [0, 0.05) is 9.81 Å². The largest absolute Gasteiger partial charge is 0.487 e. The van der Waals surface area contributed by atoms with Crippen LogP contribution >= 0.6 is 25.3 Å². The summed E-state index contributed by atoms with van der Waals surface area (Å²) in [6, 6.07) is 14.0. The number of ether oxygens (including phenoxy) is 2. The third kappa shape index (κ3) is 6.25. The van der Waals surface area contributed by atoms with Crippen LogP contribution in [0.1, 0.15) is 58.2 Å². The minimum atomic E-state index is -0.348. The molecule has 0 aliphatic rings. The molecular formula is C23H30O2S2. The summed E-state index contributed by atoms with van der Waals surface area (Å²) in [5.74, 6) is 1.49. The predicted molar refractivity (Wildman–Crippen MR) is 123 cm³/mol. The summed E-state index contributed by atoms with van der Waals surface area (Å²) in [6.07, 6.45) is 0. The fraction of sp³-hybridized carbons (Fsp3) is 0.391. The Morgan fingerprint density at radius 1 is 0.741 bits per heavy atom. The van der Waals surface area contributed by atoms with E-state index in [4.69, 9.17) is 34.7 Å². The summed E-state index contributed by atoms with van der Waals surface area (Å²) >= 11 is 9.60. The molecule has 0 bridgehead atoms. The van der Waals surface area contributed by atoms with E-state index in [1.807, 2.05) is 90.9 Å². The molecule has 0 saturated carbocycles. The Balaban J connectivity index is 2.73. The van der Waals surface area contributed by atoms with Crippen molar-refractivity contribution < 1.29 is 9.47 Å². The monoisotopic (exact) mass is 402 g/mol. The van der Waals surface area contributed by atoms with Gasteiger partial charge in [0.2, 0.25) is 0 Å². The zero-order valence-corrected chi connectivity index (χ0v) is 19.0. The maximum absolute atomic E-state index is 6.28. The summed E-state index contributed by atoms with van der Waals surface area (Å²) in [5, 5.41) is 0. The maximum Gasteiger partial charge on any atom is 0.132 e. The lowest BCUT2D eigenvalue weighted by atomic mass is 10.0. The van der Waals surface area contributed by atoms with Gasteiger partial charge in [0.1, 0.15) is 22.7 Å². The van der Waals surface area contributed by atoms with E-state index in [1.165, 1.54) is 0 Å². The second-order valence-corrected chi connectivity index (χ2v) is 9.52. The van der Waals surface area contributed by atoms with E-state index in [-0.39, 0.29) is 11.2 Å². The Morgan fingerprint density at radius 3 is 1.59 bits per heavy atom. The number of aryl methyl sites for hydroxylation is 1. The molecule has 2 aromatic rings. The zero-order chi connectivity index (χ0) is 20.4. The van der Waals surface area contributed by atoms with Crippen LogP contribution < -0.4 is 9.47 Å². The summed E-state index contributed by atoms with van der Waals surface area (Å²) in [7, 11) is 0. The van der Waals surface area contributed by atoms with E-state index in [2.05, 4.69) is 0 Å². The molecule has 0 radical (unpaired) electrons. The molecule has 0 aromatic heterocycles. The standard InChI is InChI=1S/C23H30O2S2/c1-15-13-17(24-22(2,3)4)19(18(14-15)25-23(5,6)7)21(27)20(26)16-11-9-8-10-12-16/h8-14,26-27H,1-7H3/b21-20-. The van der Waals surface area contributed by atoms with Crippen LogP contribution in [0.4, 0.5) is 0 Å². The third-order valence-electron chi connectivity index (χ3n) is 3.55. The van der Waals surface area contributed by atoms with Gasteiger partial charge < -0.3 is 9.47 Å². The smallest absolute Gasteiger partial charge is 0.132 e. The Hall–Kier alpha value is -1.52. The lowest BCUT2D eigenvalue weighted by Gasteiger charge is -2.28. The fourth-order valence-electron chi connectivity index (χ4n) is 2.63. The van der Waals surface area contributed by atoms with E-state index in [0.29, 0.717) is 0 Å². The highest BCUT2D eigenvalue weighted by atomic mass is 32.1. The highest BCUT2D eigenvalue weighted by Crippen LogP contribution is 2.44. The van der Waals surface area contributed by atoms with Gasteiger partial charge in [-0.05, 0) is 71.7 Å². The Labute approximate surface area is 174 Å². The molecule has 0 saturated heterocycles. The molecule has 2 rings (SSSR count). The Morgan fingerprint density at radius 2 is 1.19 bits per heavy atom. The van der Waals surface area contributed by atoms with Crippen molar-refractivity contribution in [3.63, 3.8) is 0 Å². The number of hydrogen-bond acceptors (Lipinski definition) is 4. The Kier molecular flexibility index (Phi) is 6.64. The molecule has 0 heterocycles. The van der Waals surface area contributed by atoms with Crippen LogP contribution in [-0.2, 0) is 0 Å². The Bertz CT molecular complexity index is 789. The molecule has 0 amide bonds. The molecule has 0 N–H and O–H groups in total. The summed E-state index contributed by atoms with van der Waals surface area (Å²) in [4.78, 5) is 1.50. The van der Waals surface area contributed by atoms with E-state index in [0.717, 1.165) is 38.0 Å². The van der Waals surface area contributed by atoms with Crippen LogP contribution in [0, 0.1) is 6.92 Å². The minimum absolute atomic E-state index is 0.348. The van der Waals surface area contributed by atoms with Crippen LogP contribution in [0.3, 0.4) is 0 Å². The predicted octanol–water partition coefficient (Wildman–Crippen LogP) is 7.04. The number of hydrogen-bond donors (Lipinski definition) is 2. The van der Waals surface area contributed by atoms with E-state index in [1.54, 1.807) is 0 Å². The topological polar surface area (TPSA) is 18.5 Å². The van der Waals surface area contributed by atoms with E-state index < -0.39 is 0 Å². The minimum Gasteiger partial charge on any atom is -0.487 e. The molecule has 2 nitrogen and oxygen atoms in total. The van der Waals surface area contributed by atoms with Crippen molar-refractivity contribution in [2.75, 3.05) is 0 Å². The molecule has 0 atom stereocenters. The van der Waals surface area contributed by atoms with Gasteiger partial charge in [-0.25, -0.2) is 0 Å². The van der Waals surface area contributed by atoms with Crippen molar-refractivity contribution >= 4 is 35.1 Å². The summed E-state index contributed by atoms with van der Waals surface area (Å²) in [6.45, 7) is 14.2. The normalized spacial score (nSPS) is 13.2. The summed E-state index contributed by atoms with van der Waals surface area (Å²) in [5.41, 5.74) is 2.19. The van der Waals surface area contributed by atoms with Crippen molar-refractivity contribution in [1.82, 2.24) is 0 Å². The molecular weight excluding hydrogens is 372 g/mol. The van der Waals surface area contributed by atoms with Crippen LogP contribution in [-0.4, -0.2) is 11.2 Å². The van der Waals surface area contributed by atoms with E-state index >= 15 is 0 Å². The lowest BCUT2D eigenvalue weighted by molar-refractivity contribution is 0.120. The van der Waals surface area contributed by atoms with Gasteiger partial charge in [-0.15, -0.1) is 25.3 Å². The fourth-order valence-corrected chi connectivity index (χ4v) is 3.24. The third-order valence-corrected chi connectivity index (χ3v) is 4.66. The van der Waals surface area contributed by atoms with Crippen LogP contribution in [0.2, 0.25) is 0 Å². The number of benzene rings is 2. The molecule has 27 heavy (non-hydrogen) atoms. The van der Waals surface area contributed by atoms with Crippen LogP contribution in [0.25, 0.3) is 9.81 Å². The first-order chi connectivity index (χ1) is 12.4. The maximum atomic E-state index is 6.28.